The number of ketones is 2. The lowest BCUT2D eigenvalue weighted by molar-refractivity contribution is -0.116. The molecule has 0 unspecified atom stereocenters. The molecule has 0 saturated carbocycles. The number of nitrogens with one attached hydrogen (secondary N) is 1. The standard InChI is InChI=1S/C26H43NO2/c1-4-5-6-7-8-9-10-11-12-13-14-15-16-17-18-19-20-27-24-21-25(28)22(2)23(3)26(24)29/h11-12,21,27H,4-10,13-20H2,1-3H3. The fourth-order valence-corrected chi connectivity index (χ4v) is 3.59. The maximum Gasteiger partial charge on any atom is 0.205 e. The van der Waals surface area contributed by atoms with Gasteiger partial charge in [0.25, 0.3) is 0 Å². The Morgan fingerprint density at radius 3 is 1.83 bits per heavy atom. The highest BCUT2D eigenvalue weighted by atomic mass is 16.1. The van der Waals surface area contributed by atoms with Crippen molar-refractivity contribution in [2.45, 2.75) is 111 Å². The third-order valence-electron chi connectivity index (χ3n) is 5.80. The molecule has 0 atom stereocenters. The van der Waals surface area contributed by atoms with Gasteiger partial charge < -0.3 is 5.32 Å². The Bertz CT molecular complexity index is 584. The van der Waals surface area contributed by atoms with E-state index in [9.17, 15) is 9.59 Å². The molecule has 0 fully saturated rings. The van der Waals surface area contributed by atoms with Gasteiger partial charge in [-0.3, -0.25) is 9.59 Å². The minimum atomic E-state index is -0.0503. The van der Waals surface area contributed by atoms with Crippen LogP contribution in [0, 0.1) is 0 Å². The lowest BCUT2D eigenvalue weighted by atomic mass is 9.95. The van der Waals surface area contributed by atoms with Crippen molar-refractivity contribution in [3.63, 3.8) is 0 Å². The first-order chi connectivity index (χ1) is 14.1. The van der Waals surface area contributed by atoms with Gasteiger partial charge in [0.1, 0.15) is 0 Å². The second-order valence-electron chi connectivity index (χ2n) is 8.37. The zero-order chi connectivity index (χ0) is 21.3. The van der Waals surface area contributed by atoms with Gasteiger partial charge in [0.05, 0.1) is 5.70 Å². The Kier molecular flexibility index (Phi) is 14.2. The normalized spacial score (nSPS) is 14.8. The third-order valence-corrected chi connectivity index (χ3v) is 5.80. The highest BCUT2D eigenvalue weighted by Crippen LogP contribution is 2.17. The molecule has 1 rings (SSSR count). The number of carbonyl (C=O) groups is 2. The lowest BCUT2D eigenvalue weighted by Gasteiger charge is -2.15. The Morgan fingerprint density at radius 2 is 1.24 bits per heavy atom. The Morgan fingerprint density at radius 1 is 0.724 bits per heavy atom. The number of carbonyl (C=O) groups excluding carboxylic acids is 2. The van der Waals surface area contributed by atoms with Crippen molar-refractivity contribution in [2.24, 2.45) is 0 Å². The van der Waals surface area contributed by atoms with Gasteiger partial charge in [0, 0.05) is 23.8 Å². The molecule has 1 aliphatic carbocycles. The third kappa shape index (κ3) is 11.2. The van der Waals surface area contributed by atoms with Crippen LogP contribution in [0.2, 0.25) is 0 Å². The zero-order valence-electron chi connectivity index (χ0n) is 19.2. The Hall–Kier alpha value is -1.64. The van der Waals surface area contributed by atoms with Crippen LogP contribution in [0.3, 0.4) is 0 Å². The minimum absolute atomic E-state index is 0.0355. The molecule has 0 bridgehead atoms. The van der Waals surface area contributed by atoms with Crippen LogP contribution in [-0.4, -0.2) is 18.1 Å². The number of Topliss-reactive ketones (excluding diaryl/α,β-unsaturated/α-hetero) is 1. The van der Waals surface area contributed by atoms with Crippen LogP contribution in [0.25, 0.3) is 0 Å². The van der Waals surface area contributed by atoms with E-state index < -0.39 is 0 Å². The number of unbranched alkanes of at least 4 members (excludes halogenated alkanes) is 12. The predicted molar refractivity (Wildman–Crippen MR) is 124 cm³/mol. The molecule has 0 radical (unpaired) electrons. The summed E-state index contributed by atoms with van der Waals surface area (Å²) in [6, 6.07) is 0. The largest absolute Gasteiger partial charge is 0.382 e. The number of allylic oxidation sites excluding steroid dienone is 5. The average molecular weight is 402 g/mol. The molecule has 1 N–H and O–H groups in total. The minimum Gasteiger partial charge on any atom is -0.382 e. The smallest absolute Gasteiger partial charge is 0.205 e. The molecule has 0 saturated heterocycles. The van der Waals surface area contributed by atoms with Gasteiger partial charge in [-0.25, -0.2) is 0 Å². The zero-order valence-corrected chi connectivity index (χ0v) is 19.2. The second-order valence-corrected chi connectivity index (χ2v) is 8.37. The van der Waals surface area contributed by atoms with Gasteiger partial charge >= 0.3 is 0 Å². The van der Waals surface area contributed by atoms with E-state index in [4.69, 9.17) is 0 Å². The van der Waals surface area contributed by atoms with Crippen LogP contribution in [0.4, 0.5) is 0 Å². The van der Waals surface area contributed by atoms with Gasteiger partial charge in [0.15, 0.2) is 5.78 Å². The first-order valence-corrected chi connectivity index (χ1v) is 11.9. The molecule has 0 heterocycles. The monoisotopic (exact) mass is 401 g/mol. The van der Waals surface area contributed by atoms with E-state index in [1.54, 1.807) is 13.8 Å². The van der Waals surface area contributed by atoms with Gasteiger partial charge in [-0.15, -0.1) is 0 Å². The summed E-state index contributed by atoms with van der Waals surface area (Å²) < 4.78 is 0. The summed E-state index contributed by atoms with van der Waals surface area (Å²) in [7, 11) is 0. The average Bonchev–Trinajstić information content (AvgIpc) is 2.72. The van der Waals surface area contributed by atoms with E-state index >= 15 is 0 Å². The molecular weight excluding hydrogens is 358 g/mol. The summed E-state index contributed by atoms with van der Waals surface area (Å²) in [6.07, 6.45) is 24.2. The van der Waals surface area contributed by atoms with Crippen molar-refractivity contribution < 1.29 is 9.59 Å². The Labute approximate surface area is 179 Å². The maximum absolute atomic E-state index is 12.1. The molecule has 0 aromatic rings. The summed E-state index contributed by atoms with van der Waals surface area (Å²) >= 11 is 0. The first-order valence-electron chi connectivity index (χ1n) is 11.9. The molecule has 0 aromatic heterocycles. The molecule has 0 aliphatic heterocycles. The van der Waals surface area contributed by atoms with Crippen LogP contribution in [0.1, 0.15) is 111 Å². The quantitative estimate of drug-likeness (QED) is 0.162. The first kappa shape index (κ1) is 25.4. The summed E-state index contributed by atoms with van der Waals surface area (Å²) in [5.74, 6) is -0.0859. The van der Waals surface area contributed by atoms with Crippen LogP contribution in [0.5, 0.6) is 0 Å². The summed E-state index contributed by atoms with van der Waals surface area (Å²) in [5.41, 5.74) is 1.60. The predicted octanol–water partition coefficient (Wildman–Crippen LogP) is 6.99. The SMILES string of the molecule is CCCCCCCCC=CCCCCCCCCNC1=CC(=O)C(C)=C(C)C1=O. The fourth-order valence-electron chi connectivity index (χ4n) is 3.59. The molecule has 3 heteroatoms. The number of rotatable bonds is 17. The van der Waals surface area contributed by atoms with Crippen molar-refractivity contribution in [3.8, 4) is 0 Å². The van der Waals surface area contributed by atoms with Crippen LogP contribution in [0.15, 0.2) is 35.1 Å². The topological polar surface area (TPSA) is 46.2 Å². The van der Waals surface area contributed by atoms with Gasteiger partial charge in [-0.1, -0.05) is 76.9 Å². The highest BCUT2D eigenvalue weighted by molar-refractivity contribution is 6.21. The van der Waals surface area contributed by atoms with Gasteiger partial charge in [-0.2, -0.15) is 0 Å². The summed E-state index contributed by atoms with van der Waals surface area (Å²) in [5, 5.41) is 3.15. The van der Waals surface area contributed by atoms with Crippen LogP contribution < -0.4 is 5.32 Å². The summed E-state index contributed by atoms with van der Waals surface area (Å²) in [4.78, 5) is 23.9. The molecule has 0 aromatic carbocycles. The molecular formula is C26H43NO2. The van der Waals surface area contributed by atoms with Gasteiger partial charge in [-0.05, 0) is 46.0 Å². The number of hydrogen-bond acceptors (Lipinski definition) is 3. The highest BCUT2D eigenvalue weighted by Gasteiger charge is 2.22. The lowest BCUT2D eigenvalue weighted by Crippen LogP contribution is -2.27. The van der Waals surface area contributed by atoms with Crippen molar-refractivity contribution in [1.29, 1.82) is 0 Å². The van der Waals surface area contributed by atoms with E-state index in [-0.39, 0.29) is 11.6 Å². The Balaban J connectivity index is 1.91. The second kappa shape index (κ2) is 16.2. The van der Waals surface area contributed by atoms with E-state index in [0.717, 1.165) is 13.0 Å². The molecule has 0 spiro atoms. The number of hydrogen-bond donors (Lipinski definition) is 1. The van der Waals surface area contributed by atoms with E-state index in [1.165, 1.54) is 89.5 Å². The molecule has 1 aliphatic rings. The van der Waals surface area contributed by atoms with Crippen molar-refractivity contribution >= 4 is 11.6 Å². The fraction of sp³-hybridized carbons (Fsp3) is 0.692. The maximum atomic E-state index is 12.1. The van der Waals surface area contributed by atoms with E-state index in [1.807, 2.05) is 0 Å². The van der Waals surface area contributed by atoms with Crippen LogP contribution >= 0.6 is 0 Å². The van der Waals surface area contributed by atoms with E-state index in [2.05, 4.69) is 24.4 Å². The van der Waals surface area contributed by atoms with Crippen molar-refractivity contribution in [3.05, 3.63) is 35.1 Å². The van der Waals surface area contributed by atoms with Gasteiger partial charge in [0.2, 0.25) is 5.78 Å². The van der Waals surface area contributed by atoms with Crippen molar-refractivity contribution in [2.75, 3.05) is 6.54 Å². The van der Waals surface area contributed by atoms with Crippen molar-refractivity contribution in [1.82, 2.24) is 5.32 Å². The molecule has 3 nitrogen and oxygen atoms in total. The molecule has 0 amide bonds. The van der Waals surface area contributed by atoms with E-state index in [0.29, 0.717) is 16.8 Å². The molecule has 164 valence electrons. The molecule has 29 heavy (non-hydrogen) atoms. The summed E-state index contributed by atoms with van der Waals surface area (Å²) in [6.45, 7) is 6.48. The van der Waals surface area contributed by atoms with Crippen LogP contribution in [-0.2, 0) is 9.59 Å².